The van der Waals surface area contributed by atoms with Gasteiger partial charge in [-0.1, -0.05) is 11.6 Å². The molecule has 0 spiro atoms. The molecular formula is C9H10ClNO4S. The molecule has 0 aromatic heterocycles. The normalized spacial score (nSPS) is 12.0. The first kappa shape index (κ1) is 13.0. The molecule has 2 N–H and O–H groups in total. The van der Waals surface area contributed by atoms with Crippen LogP contribution in [-0.2, 0) is 15.9 Å². The Morgan fingerprint density at radius 3 is 2.62 bits per heavy atom. The van der Waals surface area contributed by atoms with Crippen LogP contribution in [0.4, 0.5) is 5.69 Å². The zero-order valence-electron chi connectivity index (χ0n) is 8.61. The van der Waals surface area contributed by atoms with Gasteiger partial charge in [0.2, 0.25) is 5.91 Å². The summed E-state index contributed by atoms with van der Waals surface area (Å²) in [4.78, 5) is 10.9. The van der Waals surface area contributed by atoms with Crippen molar-refractivity contribution in [2.45, 2.75) is 11.8 Å². The van der Waals surface area contributed by atoms with Gasteiger partial charge in [-0.15, -0.1) is 0 Å². The Labute approximate surface area is 100 Å². The molecule has 0 heterocycles. The molecule has 0 aliphatic carbocycles. The second-order valence-electron chi connectivity index (χ2n) is 2.91. The minimum Gasteiger partial charge on any atom is -0.495 e. The largest absolute Gasteiger partial charge is 0.495 e. The van der Waals surface area contributed by atoms with E-state index in [2.05, 4.69) is 5.32 Å². The Balaban J connectivity index is 3.25. The van der Waals surface area contributed by atoms with Gasteiger partial charge in [0.15, 0.2) is 11.1 Å². The van der Waals surface area contributed by atoms with Crippen molar-refractivity contribution < 1.29 is 18.3 Å². The number of nitrogens with one attached hydrogen (secondary N) is 1. The smallest absolute Gasteiger partial charge is 0.221 e. The zero-order valence-corrected chi connectivity index (χ0v) is 10.2. The first-order valence-corrected chi connectivity index (χ1v) is 5.70. The molecular weight excluding hydrogens is 254 g/mol. The predicted octanol–water partition coefficient (Wildman–Crippen LogP) is 1.89. The molecule has 16 heavy (non-hydrogen) atoms. The van der Waals surface area contributed by atoms with Crippen LogP contribution in [0.2, 0.25) is 5.02 Å². The molecule has 0 bridgehead atoms. The molecule has 0 saturated heterocycles. The third-order valence-electron chi connectivity index (χ3n) is 1.75. The molecule has 1 aromatic carbocycles. The van der Waals surface area contributed by atoms with E-state index in [9.17, 15) is 9.00 Å². The van der Waals surface area contributed by atoms with Gasteiger partial charge in [0.05, 0.1) is 17.8 Å². The Morgan fingerprint density at radius 1 is 1.56 bits per heavy atom. The van der Waals surface area contributed by atoms with Crippen LogP contribution in [0.1, 0.15) is 6.92 Å². The highest BCUT2D eigenvalue weighted by Crippen LogP contribution is 2.32. The molecule has 1 unspecified atom stereocenters. The van der Waals surface area contributed by atoms with Gasteiger partial charge in [-0.05, 0) is 6.07 Å². The highest BCUT2D eigenvalue weighted by molar-refractivity contribution is 7.79. The number of methoxy groups -OCH3 is 1. The SMILES string of the molecule is COc1cc(NC(C)=O)c(Cl)cc1S(=O)O. The fourth-order valence-electron chi connectivity index (χ4n) is 1.12. The van der Waals surface area contributed by atoms with Gasteiger partial charge in [0, 0.05) is 13.0 Å². The van der Waals surface area contributed by atoms with Crippen molar-refractivity contribution in [1.82, 2.24) is 0 Å². The van der Waals surface area contributed by atoms with E-state index in [1.807, 2.05) is 0 Å². The zero-order chi connectivity index (χ0) is 12.3. The first-order valence-electron chi connectivity index (χ1n) is 4.21. The summed E-state index contributed by atoms with van der Waals surface area (Å²) in [7, 11) is 1.36. The maximum absolute atomic E-state index is 11.0. The van der Waals surface area contributed by atoms with Gasteiger partial charge < -0.3 is 14.6 Å². The van der Waals surface area contributed by atoms with Crippen LogP contribution in [0.25, 0.3) is 0 Å². The van der Waals surface area contributed by atoms with Crippen LogP contribution in [-0.4, -0.2) is 21.8 Å². The molecule has 1 aromatic rings. The lowest BCUT2D eigenvalue weighted by Gasteiger charge is -2.10. The minimum absolute atomic E-state index is 0.0570. The molecule has 0 aliphatic heterocycles. The third kappa shape index (κ3) is 2.94. The van der Waals surface area contributed by atoms with Gasteiger partial charge in [0.1, 0.15) is 10.6 Å². The maximum Gasteiger partial charge on any atom is 0.221 e. The number of rotatable bonds is 3. The van der Waals surface area contributed by atoms with E-state index in [0.717, 1.165) is 0 Å². The molecule has 1 atom stereocenters. The Kier molecular flexibility index (Phi) is 4.28. The maximum atomic E-state index is 11.0. The number of benzene rings is 1. The van der Waals surface area contributed by atoms with Crippen molar-refractivity contribution in [1.29, 1.82) is 0 Å². The average Bonchev–Trinajstić information content (AvgIpc) is 2.19. The number of carbonyl (C=O) groups is 1. The first-order chi connectivity index (χ1) is 7.45. The van der Waals surface area contributed by atoms with Crippen molar-refractivity contribution >= 4 is 34.3 Å². The fourth-order valence-corrected chi connectivity index (χ4v) is 1.93. The molecule has 5 nitrogen and oxygen atoms in total. The number of amides is 1. The summed E-state index contributed by atoms with van der Waals surface area (Å²) >= 11 is 3.64. The Hall–Kier alpha value is -1.11. The number of hydrogen-bond donors (Lipinski definition) is 2. The van der Waals surface area contributed by atoms with E-state index in [1.165, 1.54) is 26.2 Å². The summed E-state index contributed by atoms with van der Waals surface area (Å²) in [5, 5.41) is 2.66. The van der Waals surface area contributed by atoms with Crippen molar-refractivity contribution in [2.24, 2.45) is 0 Å². The lowest BCUT2D eigenvalue weighted by Crippen LogP contribution is -2.07. The van der Waals surface area contributed by atoms with E-state index >= 15 is 0 Å². The van der Waals surface area contributed by atoms with Crippen LogP contribution in [0.5, 0.6) is 5.75 Å². The number of anilines is 1. The molecule has 0 radical (unpaired) electrons. The summed E-state index contributed by atoms with van der Waals surface area (Å²) in [5.74, 6) is -0.101. The van der Waals surface area contributed by atoms with Crippen molar-refractivity contribution in [3.05, 3.63) is 17.2 Å². The van der Waals surface area contributed by atoms with Crippen LogP contribution in [0.3, 0.4) is 0 Å². The van der Waals surface area contributed by atoms with Crippen LogP contribution in [0.15, 0.2) is 17.0 Å². The van der Waals surface area contributed by atoms with E-state index in [1.54, 1.807) is 0 Å². The highest BCUT2D eigenvalue weighted by Gasteiger charge is 2.13. The van der Waals surface area contributed by atoms with Gasteiger partial charge in [-0.2, -0.15) is 0 Å². The number of halogens is 1. The summed E-state index contributed by atoms with van der Waals surface area (Å²) in [6.45, 7) is 1.33. The van der Waals surface area contributed by atoms with Crippen LogP contribution < -0.4 is 10.1 Å². The molecule has 0 saturated carbocycles. The Bertz CT molecular complexity index is 449. The summed E-state index contributed by atoms with van der Waals surface area (Å²) < 4.78 is 24.9. The van der Waals surface area contributed by atoms with Crippen molar-refractivity contribution in [3.63, 3.8) is 0 Å². The molecule has 1 amide bonds. The lowest BCUT2D eigenvalue weighted by atomic mass is 10.3. The van der Waals surface area contributed by atoms with E-state index < -0.39 is 11.1 Å². The minimum atomic E-state index is -2.19. The van der Waals surface area contributed by atoms with Gasteiger partial charge in [-0.3, -0.25) is 4.79 Å². The van der Waals surface area contributed by atoms with E-state index in [4.69, 9.17) is 20.9 Å². The number of ether oxygens (including phenoxy) is 1. The van der Waals surface area contributed by atoms with Gasteiger partial charge >= 0.3 is 0 Å². The summed E-state index contributed by atoms with van der Waals surface area (Å²) in [6, 6.07) is 2.68. The van der Waals surface area contributed by atoms with Gasteiger partial charge in [0.25, 0.3) is 0 Å². The molecule has 7 heteroatoms. The second-order valence-corrected chi connectivity index (χ2v) is 4.26. The van der Waals surface area contributed by atoms with Crippen molar-refractivity contribution in [3.8, 4) is 5.75 Å². The number of hydrogen-bond acceptors (Lipinski definition) is 3. The quantitative estimate of drug-likeness (QED) is 0.817. The predicted molar refractivity (Wildman–Crippen MR) is 61.3 cm³/mol. The van der Waals surface area contributed by atoms with E-state index in [-0.39, 0.29) is 21.6 Å². The molecule has 88 valence electrons. The topological polar surface area (TPSA) is 75.6 Å². The summed E-state index contributed by atoms with van der Waals surface area (Å²) in [5.41, 5.74) is 0.334. The number of carbonyl (C=O) groups excluding carboxylic acids is 1. The molecule has 1 rings (SSSR count). The Morgan fingerprint density at radius 2 is 2.19 bits per heavy atom. The molecule has 0 aliphatic rings. The third-order valence-corrected chi connectivity index (χ3v) is 2.76. The monoisotopic (exact) mass is 263 g/mol. The second kappa shape index (κ2) is 5.29. The van der Waals surface area contributed by atoms with Crippen LogP contribution >= 0.6 is 11.6 Å². The standard InChI is InChI=1S/C9H10ClNO4S/c1-5(12)11-7-4-8(15-2)9(16(13)14)3-6(7)10/h3-4H,1-2H3,(H,11,12)(H,13,14). The van der Waals surface area contributed by atoms with E-state index in [0.29, 0.717) is 5.69 Å². The van der Waals surface area contributed by atoms with Crippen molar-refractivity contribution in [2.75, 3.05) is 12.4 Å². The fraction of sp³-hybridized carbons (Fsp3) is 0.222. The van der Waals surface area contributed by atoms with Crippen LogP contribution in [0, 0.1) is 0 Å². The average molecular weight is 264 g/mol. The highest BCUT2D eigenvalue weighted by atomic mass is 35.5. The van der Waals surface area contributed by atoms with Gasteiger partial charge in [-0.25, -0.2) is 4.21 Å². The molecule has 0 fully saturated rings. The summed E-state index contributed by atoms with van der Waals surface area (Å²) in [6.07, 6.45) is 0. The lowest BCUT2D eigenvalue weighted by molar-refractivity contribution is -0.114.